The van der Waals surface area contributed by atoms with Crippen molar-refractivity contribution in [1.82, 2.24) is 0 Å². The van der Waals surface area contributed by atoms with Crippen molar-refractivity contribution in [2.24, 2.45) is 0 Å². The van der Waals surface area contributed by atoms with E-state index in [1.54, 1.807) is 0 Å². The van der Waals surface area contributed by atoms with Crippen LogP contribution in [0.5, 0.6) is 0 Å². The van der Waals surface area contributed by atoms with E-state index in [4.69, 9.17) is 0 Å². The van der Waals surface area contributed by atoms with Crippen molar-refractivity contribution in [2.75, 3.05) is 4.90 Å². The number of benzene rings is 9. The van der Waals surface area contributed by atoms with Crippen molar-refractivity contribution >= 4 is 104 Å². The van der Waals surface area contributed by atoms with Crippen molar-refractivity contribution < 1.29 is 0 Å². The predicted octanol–water partition coefficient (Wildman–Crippen LogP) is 16.1. The Morgan fingerprint density at radius 1 is 0.500 bits per heavy atom. The Hall–Kier alpha value is -6.48. The van der Waals surface area contributed by atoms with Gasteiger partial charge >= 0.3 is 0 Å². The minimum absolute atomic E-state index is 0.128. The van der Waals surface area contributed by atoms with Crippen LogP contribution < -0.4 is 4.90 Å². The standard InChI is InChI=1S/C54H39NS/c1-5-16-36-35(6-2)37-17-7-8-20-40(37)47-31-33(27-29-41(36)47)55(34-28-30-43-42-21-13-14-25-48(42)54(3,4)49(43)32-34)50-26-15-24-46-51-44-22-11-9-18-38(44)39-19-10-12-23-45(39)53(51)56-52(46)50/h5-32H,2H2,1,3-4H3/b16-5-. The van der Waals surface area contributed by atoms with Gasteiger partial charge in [0.25, 0.3) is 0 Å². The maximum absolute atomic E-state index is 4.25. The fourth-order valence-electron chi connectivity index (χ4n) is 9.79. The molecule has 1 aliphatic carbocycles. The average molecular weight is 734 g/mol. The van der Waals surface area contributed by atoms with Gasteiger partial charge in [0, 0.05) is 37.6 Å². The summed E-state index contributed by atoms with van der Waals surface area (Å²) in [4.78, 5) is 2.52. The summed E-state index contributed by atoms with van der Waals surface area (Å²) in [6.45, 7) is 11.1. The third-order valence-electron chi connectivity index (χ3n) is 12.3. The quantitative estimate of drug-likeness (QED) is 0.159. The molecule has 0 aliphatic heterocycles. The van der Waals surface area contributed by atoms with E-state index in [9.17, 15) is 0 Å². The van der Waals surface area contributed by atoms with Crippen molar-refractivity contribution in [3.05, 3.63) is 187 Å². The molecule has 0 atom stereocenters. The SMILES string of the molecule is C=Cc1c(/C=C\C)c2ccc(N(c3ccc4c(c3)C(C)(C)c3ccccc3-4)c3cccc4c3sc3c5ccccc5c5ccccc5c43)cc2c2ccccc12. The van der Waals surface area contributed by atoms with E-state index >= 15 is 0 Å². The highest BCUT2D eigenvalue weighted by atomic mass is 32.1. The topological polar surface area (TPSA) is 3.24 Å². The average Bonchev–Trinajstić information content (AvgIpc) is 3.75. The second-order valence-electron chi connectivity index (χ2n) is 15.6. The van der Waals surface area contributed by atoms with Gasteiger partial charge in [-0.1, -0.05) is 160 Å². The zero-order chi connectivity index (χ0) is 37.7. The molecular weight excluding hydrogens is 695 g/mol. The number of nitrogens with zero attached hydrogens (tertiary/aromatic N) is 1. The lowest BCUT2D eigenvalue weighted by molar-refractivity contribution is 0.660. The van der Waals surface area contributed by atoms with Crippen molar-refractivity contribution in [3.63, 3.8) is 0 Å². The number of hydrogen-bond acceptors (Lipinski definition) is 2. The fraction of sp³-hybridized carbons (Fsp3) is 0.0741. The molecule has 0 saturated heterocycles. The molecule has 266 valence electrons. The van der Waals surface area contributed by atoms with Gasteiger partial charge < -0.3 is 4.90 Å². The third-order valence-corrected chi connectivity index (χ3v) is 13.6. The van der Waals surface area contributed by atoms with Gasteiger partial charge in [-0.05, 0) is 108 Å². The van der Waals surface area contributed by atoms with Crippen molar-refractivity contribution in [2.45, 2.75) is 26.2 Å². The minimum atomic E-state index is -0.128. The Labute approximate surface area is 331 Å². The van der Waals surface area contributed by atoms with Crippen molar-refractivity contribution in [1.29, 1.82) is 0 Å². The molecule has 1 nitrogen and oxygen atoms in total. The molecule has 10 aromatic rings. The summed E-state index contributed by atoms with van der Waals surface area (Å²) < 4.78 is 2.62. The lowest BCUT2D eigenvalue weighted by Crippen LogP contribution is -2.16. The molecule has 0 saturated carbocycles. The van der Waals surface area contributed by atoms with Crippen LogP contribution in [0.2, 0.25) is 0 Å². The normalized spacial score (nSPS) is 13.4. The Kier molecular flexibility index (Phi) is 7.21. The van der Waals surface area contributed by atoms with E-state index in [0.717, 1.165) is 11.4 Å². The number of anilines is 3. The number of thiophene rings is 1. The van der Waals surface area contributed by atoms with Gasteiger partial charge in [-0.15, -0.1) is 11.3 Å². The van der Waals surface area contributed by atoms with E-state index in [2.05, 4.69) is 196 Å². The zero-order valence-electron chi connectivity index (χ0n) is 31.7. The number of fused-ring (bicyclic) bond motifs is 14. The molecule has 1 aromatic heterocycles. The lowest BCUT2D eigenvalue weighted by Gasteiger charge is -2.29. The number of allylic oxidation sites excluding steroid dienone is 1. The van der Waals surface area contributed by atoms with Gasteiger partial charge in [0.1, 0.15) is 0 Å². The summed E-state index contributed by atoms with van der Waals surface area (Å²) in [5, 5.41) is 12.8. The highest BCUT2D eigenvalue weighted by molar-refractivity contribution is 7.27. The van der Waals surface area contributed by atoms with Gasteiger partial charge in [0.2, 0.25) is 0 Å². The first-order valence-electron chi connectivity index (χ1n) is 19.5. The molecule has 0 N–H and O–H groups in total. The maximum Gasteiger partial charge on any atom is 0.0640 e. The summed E-state index contributed by atoms with van der Waals surface area (Å²) >= 11 is 1.92. The monoisotopic (exact) mass is 733 g/mol. The first-order chi connectivity index (χ1) is 27.5. The van der Waals surface area contributed by atoms with Crippen LogP contribution in [0.15, 0.2) is 164 Å². The number of rotatable bonds is 5. The molecular formula is C54H39NS. The molecule has 2 heteroatoms. The second kappa shape index (κ2) is 12.3. The molecule has 11 rings (SSSR count). The molecule has 0 radical (unpaired) electrons. The molecule has 0 fully saturated rings. The summed E-state index contributed by atoms with van der Waals surface area (Å²) in [6, 6.07) is 56.7. The summed E-state index contributed by atoms with van der Waals surface area (Å²) in [7, 11) is 0. The lowest BCUT2D eigenvalue weighted by atomic mass is 9.82. The first kappa shape index (κ1) is 32.9. The van der Waals surface area contributed by atoms with Crippen LogP contribution in [-0.4, -0.2) is 0 Å². The zero-order valence-corrected chi connectivity index (χ0v) is 32.5. The second-order valence-corrected chi connectivity index (χ2v) is 16.6. The van der Waals surface area contributed by atoms with Gasteiger partial charge in [-0.25, -0.2) is 0 Å². The van der Waals surface area contributed by atoms with Gasteiger partial charge in [-0.2, -0.15) is 0 Å². The summed E-state index contributed by atoms with van der Waals surface area (Å²) in [6.07, 6.45) is 6.38. The summed E-state index contributed by atoms with van der Waals surface area (Å²) in [5.41, 5.74) is 11.1. The highest BCUT2D eigenvalue weighted by Crippen LogP contribution is 2.53. The van der Waals surface area contributed by atoms with E-state index < -0.39 is 0 Å². The van der Waals surface area contributed by atoms with Gasteiger partial charge in [-0.3, -0.25) is 0 Å². The molecule has 0 bridgehead atoms. The van der Waals surface area contributed by atoms with Gasteiger partial charge in [0.15, 0.2) is 0 Å². The van der Waals surface area contributed by atoms with Crippen LogP contribution in [0.25, 0.3) is 86.5 Å². The molecule has 1 heterocycles. The largest absolute Gasteiger partial charge is 0.309 e. The molecule has 9 aromatic carbocycles. The van der Waals surface area contributed by atoms with E-state index in [0.29, 0.717) is 0 Å². The fourth-order valence-corrected chi connectivity index (χ4v) is 11.1. The van der Waals surface area contributed by atoms with E-state index in [-0.39, 0.29) is 5.41 Å². The van der Waals surface area contributed by atoms with Crippen LogP contribution >= 0.6 is 11.3 Å². The molecule has 0 spiro atoms. The third kappa shape index (κ3) is 4.54. The maximum atomic E-state index is 4.25. The summed E-state index contributed by atoms with van der Waals surface area (Å²) in [5.74, 6) is 0. The molecule has 0 amide bonds. The van der Waals surface area contributed by atoms with Crippen LogP contribution in [0.3, 0.4) is 0 Å². The van der Waals surface area contributed by atoms with Crippen LogP contribution in [-0.2, 0) is 5.41 Å². The minimum Gasteiger partial charge on any atom is -0.309 e. The predicted molar refractivity (Wildman–Crippen MR) is 246 cm³/mol. The Morgan fingerprint density at radius 3 is 1.86 bits per heavy atom. The Morgan fingerprint density at radius 2 is 1.09 bits per heavy atom. The molecule has 56 heavy (non-hydrogen) atoms. The van der Waals surface area contributed by atoms with E-state index in [1.807, 2.05) is 17.4 Å². The highest BCUT2D eigenvalue weighted by Gasteiger charge is 2.36. The molecule has 0 unspecified atom stereocenters. The first-order valence-corrected chi connectivity index (χ1v) is 20.3. The van der Waals surface area contributed by atoms with Crippen LogP contribution in [0, 0.1) is 0 Å². The smallest absolute Gasteiger partial charge is 0.0640 e. The van der Waals surface area contributed by atoms with Crippen molar-refractivity contribution in [3.8, 4) is 11.1 Å². The number of hydrogen-bond donors (Lipinski definition) is 0. The van der Waals surface area contributed by atoms with Crippen LogP contribution in [0.4, 0.5) is 17.1 Å². The Bertz CT molecular complexity index is 3320. The molecule has 1 aliphatic rings. The van der Waals surface area contributed by atoms with Gasteiger partial charge in [0.05, 0.1) is 10.4 Å². The Balaban J connectivity index is 1.24. The van der Waals surface area contributed by atoms with Crippen LogP contribution in [0.1, 0.15) is 43.0 Å². The van der Waals surface area contributed by atoms with E-state index in [1.165, 1.54) is 102 Å².